The average molecular weight is 240 g/mol. The summed E-state index contributed by atoms with van der Waals surface area (Å²) >= 11 is 1.66. The monoisotopic (exact) mass is 240 g/mol. The Morgan fingerprint density at radius 2 is 2.50 bits per heavy atom. The first-order valence-electron chi connectivity index (χ1n) is 5.39. The highest BCUT2D eigenvalue weighted by molar-refractivity contribution is 7.09. The van der Waals surface area contributed by atoms with Crippen molar-refractivity contribution >= 4 is 17.3 Å². The van der Waals surface area contributed by atoms with E-state index in [4.69, 9.17) is 4.74 Å². The molecular weight excluding hydrogens is 224 g/mol. The van der Waals surface area contributed by atoms with Gasteiger partial charge in [-0.15, -0.1) is 11.3 Å². The van der Waals surface area contributed by atoms with E-state index >= 15 is 0 Å². The maximum atomic E-state index is 11.5. The van der Waals surface area contributed by atoms with Crippen molar-refractivity contribution in [1.82, 2.24) is 9.88 Å². The number of methoxy groups -OCH3 is 1. The highest BCUT2D eigenvalue weighted by Crippen LogP contribution is 2.25. The summed E-state index contributed by atoms with van der Waals surface area (Å²) < 4.78 is 4.81. The minimum absolute atomic E-state index is 0.0185. The minimum Gasteiger partial charge on any atom is -0.469 e. The van der Waals surface area contributed by atoms with E-state index in [1.54, 1.807) is 11.3 Å². The van der Waals surface area contributed by atoms with E-state index in [0.717, 1.165) is 24.6 Å². The molecule has 1 fully saturated rings. The molecule has 0 spiro atoms. The number of rotatable bonds is 3. The number of carbonyl (C=O) groups is 1. The van der Waals surface area contributed by atoms with Crippen LogP contribution in [0.15, 0.2) is 11.6 Å². The van der Waals surface area contributed by atoms with Crippen molar-refractivity contribution in [3.8, 4) is 0 Å². The predicted molar refractivity (Wildman–Crippen MR) is 62.1 cm³/mol. The lowest BCUT2D eigenvalue weighted by Gasteiger charge is -2.13. The second kappa shape index (κ2) is 4.93. The van der Waals surface area contributed by atoms with E-state index in [-0.39, 0.29) is 11.9 Å². The predicted octanol–water partition coefficient (Wildman–Crippen LogP) is 1.38. The largest absolute Gasteiger partial charge is 0.469 e. The second-order valence-electron chi connectivity index (χ2n) is 4.23. The maximum Gasteiger partial charge on any atom is 0.310 e. The molecule has 1 aliphatic rings. The Kier molecular flexibility index (Phi) is 3.56. The molecule has 0 bridgehead atoms. The van der Waals surface area contributed by atoms with Crippen molar-refractivity contribution in [2.75, 3.05) is 20.2 Å². The Morgan fingerprint density at radius 3 is 3.12 bits per heavy atom. The van der Waals surface area contributed by atoms with Crippen LogP contribution in [0, 0.1) is 11.8 Å². The molecule has 2 heterocycles. The van der Waals surface area contributed by atoms with Crippen LogP contribution >= 0.6 is 11.3 Å². The molecule has 2 unspecified atom stereocenters. The Bertz CT molecular complexity index is 353. The maximum absolute atomic E-state index is 11.5. The number of esters is 1. The summed E-state index contributed by atoms with van der Waals surface area (Å²) in [5.41, 5.74) is 0. The van der Waals surface area contributed by atoms with E-state index in [9.17, 15) is 4.79 Å². The number of aromatic nitrogens is 1. The zero-order valence-corrected chi connectivity index (χ0v) is 10.4. The van der Waals surface area contributed by atoms with Gasteiger partial charge in [0.15, 0.2) is 0 Å². The van der Waals surface area contributed by atoms with Crippen molar-refractivity contribution < 1.29 is 9.53 Å². The first-order chi connectivity index (χ1) is 7.70. The smallest absolute Gasteiger partial charge is 0.310 e. The van der Waals surface area contributed by atoms with Crippen LogP contribution in [0.4, 0.5) is 0 Å². The summed E-state index contributed by atoms with van der Waals surface area (Å²) in [5, 5.41) is 3.09. The van der Waals surface area contributed by atoms with Gasteiger partial charge in [-0.3, -0.25) is 9.69 Å². The molecule has 5 heteroatoms. The van der Waals surface area contributed by atoms with Crippen LogP contribution in [-0.2, 0) is 16.1 Å². The second-order valence-corrected chi connectivity index (χ2v) is 5.21. The van der Waals surface area contributed by atoms with Crippen molar-refractivity contribution in [2.24, 2.45) is 11.8 Å². The van der Waals surface area contributed by atoms with Gasteiger partial charge in [0.2, 0.25) is 0 Å². The number of hydrogen-bond acceptors (Lipinski definition) is 5. The zero-order chi connectivity index (χ0) is 11.5. The zero-order valence-electron chi connectivity index (χ0n) is 9.55. The number of nitrogens with zero attached hydrogens (tertiary/aromatic N) is 2. The lowest BCUT2D eigenvalue weighted by atomic mass is 9.99. The van der Waals surface area contributed by atoms with Crippen molar-refractivity contribution in [3.05, 3.63) is 16.6 Å². The molecule has 0 aromatic carbocycles. The molecule has 0 N–H and O–H groups in total. The molecule has 1 saturated heterocycles. The third-order valence-electron chi connectivity index (χ3n) is 3.03. The van der Waals surface area contributed by atoms with Crippen molar-refractivity contribution in [1.29, 1.82) is 0 Å². The normalized spacial score (nSPS) is 25.9. The van der Waals surface area contributed by atoms with Crippen LogP contribution in [0.25, 0.3) is 0 Å². The van der Waals surface area contributed by atoms with Crippen LogP contribution in [0.5, 0.6) is 0 Å². The SMILES string of the molecule is COC(=O)C1CN(Cc2nccs2)CC1C. The number of carbonyl (C=O) groups excluding carboxylic acids is 1. The number of thiazole rings is 1. The van der Waals surface area contributed by atoms with Crippen molar-refractivity contribution in [3.63, 3.8) is 0 Å². The topological polar surface area (TPSA) is 42.4 Å². The van der Waals surface area contributed by atoms with Gasteiger partial charge in [0, 0.05) is 24.7 Å². The fourth-order valence-electron chi connectivity index (χ4n) is 2.18. The lowest BCUT2D eigenvalue weighted by Crippen LogP contribution is -2.24. The third kappa shape index (κ3) is 2.41. The average Bonchev–Trinajstić information content (AvgIpc) is 2.88. The molecular formula is C11H16N2O2S. The lowest BCUT2D eigenvalue weighted by molar-refractivity contribution is -0.146. The van der Waals surface area contributed by atoms with Crippen LogP contribution in [-0.4, -0.2) is 36.1 Å². The highest BCUT2D eigenvalue weighted by Gasteiger charge is 2.35. The number of hydrogen-bond donors (Lipinski definition) is 0. The molecule has 0 saturated carbocycles. The van der Waals surface area contributed by atoms with Gasteiger partial charge in [0.25, 0.3) is 0 Å². The van der Waals surface area contributed by atoms with Gasteiger partial charge in [-0.05, 0) is 5.92 Å². The van der Waals surface area contributed by atoms with E-state index in [1.807, 2.05) is 11.6 Å². The fraction of sp³-hybridized carbons (Fsp3) is 0.636. The van der Waals surface area contributed by atoms with Gasteiger partial charge in [-0.1, -0.05) is 6.92 Å². The van der Waals surface area contributed by atoms with Crippen LogP contribution in [0.2, 0.25) is 0 Å². The van der Waals surface area contributed by atoms with Crippen LogP contribution in [0.3, 0.4) is 0 Å². The molecule has 0 radical (unpaired) electrons. The standard InChI is InChI=1S/C11H16N2O2S/c1-8-5-13(6-9(8)11(14)15-2)7-10-12-3-4-16-10/h3-4,8-9H,5-7H2,1-2H3. The molecule has 4 nitrogen and oxygen atoms in total. The third-order valence-corrected chi connectivity index (χ3v) is 3.80. The van der Waals surface area contributed by atoms with Crippen LogP contribution < -0.4 is 0 Å². The molecule has 1 aliphatic heterocycles. The van der Waals surface area contributed by atoms with E-state index in [2.05, 4.69) is 16.8 Å². The number of ether oxygens (including phenoxy) is 1. The van der Waals surface area contributed by atoms with Crippen LogP contribution in [0.1, 0.15) is 11.9 Å². The molecule has 2 atom stereocenters. The summed E-state index contributed by atoms with van der Waals surface area (Å²) in [7, 11) is 1.46. The molecule has 0 aliphatic carbocycles. The van der Waals surface area contributed by atoms with Gasteiger partial charge in [-0.25, -0.2) is 4.98 Å². The number of likely N-dealkylation sites (tertiary alicyclic amines) is 1. The minimum atomic E-state index is -0.0888. The van der Waals surface area contributed by atoms with E-state index in [1.165, 1.54) is 7.11 Å². The Hall–Kier alpha value is -0.940. The summed E-state index contributed by atoms with van der Waals surface area (Å²) in [6, 6.07) is 0. The Balaban J connectivity index is 1.93. The van der Waals surface area contributed by atoms with Gasteiger partial charge in [-0.2, -0.15) is 0 Å². The molecule has 2 rings (SSSR count). The van der Waals surface area contributed by atoms with Gasteiger partial charge < -0.3 is 4.74 Å². The van der Waals surface area contributed by atoms with Gasteiger partial charge >= 0.3 is 5.97 Å². The van der Waals surface area contributed by atoms with E-state index < -0.39 is 0 Å². The molecule has 16 heavy (non-hydrogen) atoms. The summed E-state index contributed by atoms with van der Waals surface area (Å²) in [4.78, 5) is 18.0. The van der Waals surface area contributed by atoms with Gasteiger partial charge in [0.1, 0.15) is 5.01 Å². The summed E-state index contributed by atoms with van der Waals surface area (Å²) in [6.07, 6.45) is 1.82. The molecule has 88 valence electrons. The Labute approximate surface area is 99.2 Å². The first-order valence-corrected chi connectivity index (χ1v) is 6.27. The summed E-state index contributed by atoms with van der Waals surface area (Å²) in [5.74, 6) is 0.298. The highest BCUT2D eigenvalue weighted by atomic mass is 32.1. The van der Waals surface area contributed by atoms with E-state index in [0.29, 0.717) is 5.92 Å². The molecule has 1 aromatic heterocycles. The van der Waals surface area contributed by atoms with Crippen molar-refractivity contribution in [2.45, 2.75) is 13.5 Å². The quantitative estimate of drug-likeness (QED) is 0.749. The first kappa shape index (κ1) is 11.5. The fourth-order valence-corrected chi connectivity index (χ4v) is 2.83. The van der Waals surface area contributed by atoms with Gasteiger partial charge in [0.05, 0.1) is 19.6 Å². The summed E-state index contributed by atoms with van der Waals surface area (Å²) in [6.45, 7) is 4.67. The Morgan fingerprint density at radius 1 is 1.69 bits per heavy atom. The molecule has 1 aromatic rings. The molecule has 0 amide bonds.